The Morgan fingerprint density at radius 1 is 1.35 bits per heavy atom. The van der Waals surface area contributed by atoms with Crippen molar-refractivity contribution in [2.75, 3.05) is 0 Å². The fraction of sp³-hybridized carbons (Fsp3) is 0.429. The monoisotopic (exact) mass is 293 g/mol. The molecule has 1 aromatic heterocycles. The van der Waals surface area contributed by atoms with Gasteiger partial charge in [-0.1, -0.05) is 15.9 Å². The lowest BCUT2D eigenvalue weighted by Crippen LogP contribution is -1.99. The second-order valence-corrected chi connectivity index (χ2v) is 5.82. The lowest BCUT2D eigenvalue weighted by Gasteiger charge is -2.11. The number of hydrogen-bond donors (Lipinski definition) is 1. The van der Waals surface area contributed by atoms with Crippen LogP contribution in [0.2, 0.25) is 0 Å². The van der Waals surface area contributed by atoms with E-state index in [0.29, 0.717) is 0 Å². The molecule has 3 heteroatoms. The zero-order valence-corrected chi connectivity index (χ0v) is 11.7. The van der Waals surface area contributed by atoms with Gasteiger partial charge in [-0.15, -0.1) is 0 Å². The summed E-state index contributed by atoms with van der Waals surface area (Å²) >= 11 is 3.55. The van der Waals surface area contributed by atoms with Gasteiger partial charge in [-0.2, -0.15) is 0 Å². The molecule has 0 aliphatic heterocycles. The van der Waals surface area contributed by atoms with Crippen LogP contribution < -0.4 is 0 Å². The summed E-state index contributed by atoms with van der Waals surface area (Å²) < 4.78 is 3.33. The molecular weight excluding hydrogens is 278 g/mol. The molecule has 1 atom stereocenters. The predicted octanol–water partition coefficient (Wildman–Crippen LogP) is 3.48. The standard InChI is InChI=1S/C14H16BrNO/c1-8(17)11-6-9(15)7-12-10-4-3-5-13(10)16(2)14(11)12/h6-8,17H,3-5H2,1-2H3. The molecule has 1 aliphatic rings. The Labute approximate surface area is 109 Å². The molecule has 17 heavy (non-hydrogen) atoms. The van der Waals surface area contributed by atoms with Crippen molar-refractivity contribution in [3.05, 3.63) is 33.4 Å². The van der Waals surface area contributed by atoms with Crippen LogP contribution in [0.3, 0.4) is 0 Å². The molecule has 0 saturated heterocycles. The second kappa shape index (κ2) is 3.85. The Bertz CT molecular complexity index is 598. The highest BCUT2D eigenvalue weighted by Crippen LogP contribution is 2.37. The highest BCUT2D eigenvalue weighted by atomic mass is 79.9. The molecule has 1 heterocycles. The fourth-order valence-electron chi connectivity index (χ4n) is 3.07. The van der Waals surface area contributed by atoms with Crippen molar-refractivity contribution in [1.82, 2.24) is 4.57 Å². The van der Waals surface area contributed by atoms with E-state index in [-0.39, 0.29) is 0 Å². The summed E-state index contributed by atoms with van der Waals surface area (Å²) in [6.45, 7) is 1.83. The van der Waals surface area contributed by atoms with Gasteiger partial charge in [0.05, 0.1) is 11.6 Å². The highest BCUT2D eigenvalue weighted by Gasteiger charge is 2.22. The van der Waals surface area contributed by atoms with Gasteiger partial charge < -0.3 is 9.67 Å². The minimum atomic E-state index is -0.427. The molecule has 1 aliphatic carbocycles. The number of aliphatic hydroxyl groups is 1. The van der Waals surface area contributed by atoms with E-state index in [1.165, 1.54) is 35.0 Å². The molecular formula is C14H16BrNO. The highest BCUT2D eigenvalue weighted by molar-refractivity contribution is 9.10. The number of aliphatic hydroxyl groups excluding tert-OH is 1. The van der Waals surface area contributed by atoms with Crippen LogP contribution in [0.25, 0.3) is 10.9 Å². The van der Waals surface area contributed by atoms with Gasteiger partial charge in [0.15, 0.2) is 0 Å². The minimum absolute atomic E-state index is 0.427. The number of fused-ring (bicyclic) bond motifs is 3. The summed E-state index contributed by atoms with van der Waals surface area (Å²) in [7, 11) is 2.12. The van der Waals surface area contributed by atoms with Crippen molar-refractivity contribution in [2.24, 2.45) is 7.05 Å². The second-order valence-electron chi connectivity index (χ2n) is 4.90. The van der Waals surface area contributed by atoms with Crippen LogP contribution in [0.5, 0.6) is 0 Å². The zero-order valence-electron chi connectivity index (χ0n) is 10.1. The average Bonchev–Trinajstić information content (AvgIpc) is 2.82. The summed E-state index contributed by atoms with van der Waals surface area (Å²) in [6, 6.07) is 4.22. The predicted molar refractivity (Wildman–Crippen MR) is 73.3 cm³/mol. The van der Waals surface area contributed by atoms with Gasteiger partial charge in [-0.3, -0.25) is 0 Å². The maximum Gasteiger partial charge on any atom is 0.0782 e. The minimum Gasteiger partial charge on any atom is -0.389 e. The molecule has 2 nitrogen and oxygen atoms in total. The van der Waals surface area contributed by atoms with Crippen LogP contribution in [-0.2, 0) is 19.9 Å². The Kier molecular flexibility index (Phi) is 2.56. The first kappa shape index (κ1) is 11.3. The Hall–Kier alpha value is -0.800. The van der Waals surface area contributed by atoms with Crippen molar-refractivity contribution < 1.29 is 5.11 Å². The largest absolute Gasteiger partial charge is 0.389 e. The van der Waals surface area contributed by atoms with Crippen LogP contribution in [0, 0.1) is 0 Å². The first-order chi connectivity index (χ1) is 8.09. The Morgan fingerprint density at radius 3 is 2.82 bits per heavy atom. The summed E-state index contributed by atoms with van der Waals surface area (Å²) in [4.78, 5) is 0. The van der Waals surface area contributed by atoms with E-state index < -0.39 is 6.10 Å². The lowest BCUT2D eigenvalue weighted by atomic mass is 10.0. The molecule has 2 aromatic rings. The molecule has 1 unspecified atom stereocenters. The Balaban J connectivity index is 2.44. The summed E-state index contributed by atoms with van der Waals surface area (Å²) in [6.07, 6.45) is 3.16. The molecule has 0 fully saturated rings. The smallest absolute Gasteiger partial charge is 0.0782 e. The number of hydrogen-bond acceptors (Lipinski definition) is 1. The lowest BCUT2D eigenvalue weighted by molar-refractivity contribution is 0.200. The molecule has 0 saturated carbocycles. The van der Waals surface area contributed by atoms with E-state index in [4.69, 9.17) is 0 Å². The van der Waals surface area contributed by atoms with Gasteiger partial charge in [0, 0.05) is 28.2 Å². The summed E-state index contributed by atoms with van der Waals surface area (Å²) in [5, 5.41) is 11.2. The van der Waals surface area contributed by atoms with Gasteiger partial charge in [-0.05, 0) is 43.9 Å². The molecule has 1 aromatic carbocycles. The SMILES string of the molecule is CC(O)c1cc(Br)cc2c3c(n(C)c12)CCC3. The van der Waals surface area contributed by atoms with Gasteiger partial charge in [0.2, 0.25) is 0 Å². The number of aromatic nitrogens is 1. The van der Waals surface area contributed by atoms with Crippen LogP contribution in [0.1, 0.15) is 36.3 Å². The third kappa shape index (κ3) is 1.56. The number of aryl methyl sites for hydroxylation is 2. The summed E-state index contributed by atoms with van der Waals surface area (Å²) in [5.41, 5.74) is 5.14. The molecule has 0 radical (unpaired) electrons. The van der Waals surface area contributed by atoms with E-state index >= 15 is 0 Å². The van der Waals surface area contributed by atoms with Crippen LogP contribution in [0.15, 0.2) is 16.6 Å². The van der Waals surface area contributed by atoms with E-state index in [1.807, 2.05) is 13.0 Å². The quantitative estimate of drug-likeness (QED) is 0.856. The number of rotatable bonds is 1. The maximum absolute atomic E-state index is 9.93. The van der Waals surface area contributed by atoms with Gasteiger partial charge in [-0.25, -0.2) is 0 Å². The number of benzene rings is 1. The average molecular weight is 294 g/mol. The van der Waals surface area contributed by atoms with Crippen molar-refractivity contribution in [3.8, 4) is 0 Å². The zero-order chi connectivity index (χ0) is 12.2. The molecule has 1 N–H and O–H groups in total. The van der Waals surface area contributed by atoms with E-state index in [0.717, 1.165) is 16.5 Å². The third-order valence-corrected chi connectivity index (χ3v) is 4.27. The van der Waals surface area contributed by atoms with Crippen LogP contribution in [-0.4, -0.2) is 9.67 Å². The number of halogens is 1. The van der Waals surface area contributed by atoms with Crippen LogP contribution in [0.4, 0.5) is 0 Å². The Morgan fingerprint density at radius 2 is 2.12 bits per heavy atom. The first-order valence-electron chi connectivity index (χ1n) is 6.07. The molecule has 90 valence electrons. The van der Waals surface area contributed by atoms with E-state index in [9.17, 15) is 5.11 Å². The normalized spacial score (nSPS) is 16.5. The maximum atomic E-state index is 9.93. The van der Waals surface area contributed by atoms with Crippen LogP contribution >= 0.6 is 15.9 Å². The third-order valence-electron chi connectivity index (χ3n) is 3.81. The van der Waals surface area contributed by atoms with E-state index in [1.54, 1.807) is 0 Å². The van der Waals surface area contributed by atoms with Crippen molar-refractivity contribution in [1.29, 1.82) is 0 Å². The first-order valence-corrected chi connectivity index (χ1v) is 6.86. The number of nitrogens with zero attached hydrogens (tertiary/aromatic N) is 1. The summed E-state index contributed by atoms with van der Waals surface area (Å²) in [5.74, 6) is 0. The van der Waals surface area contributed by atoms with Gasteiger partial charge >= 0.3 is 0 Å². The van der Waals surface area contributed by atoms with Crippen molar-refractivity contribution in [3.63, 3.8) is 0 Å². The van der Waals surface area contributed by atoms with E-state index in [2.05, 4.69) is 33.6 Å². The molecule has 0 spiro atoms. The topological polar surface area (TPSA) is 25.2 Å². The van der Waals surface area contributed by atoms with Crippen molar-refractivity contribution >= 4 is 26.8 Å². The van der Waals surface area contributed by atoms with Crippen molar-refractivity contribution in [2.45, 2.75) is 32.3 Å². The molecule has 3 rings (SSSR count). The molecule has 0 amide bonds. The van der Waals surface area contributed by atoms with Gasteiger partial charge in [0.1, 0.15) is 0 Å². The fourth-order valence-corrected chi connectivity index (χ4v) is 3.54. The van der Waals surface area contributed by atoms with Gasteiger partial charge in [0.25, 0.3) is 0 Å². The molecule has 0 bridgehead atoms.